The summed E-state index contributed by atoms with van der Waals surface area (Å²) in [4.78, 5) is 10.7. The first-order valence-corrected chi connectivity index (χ1v) is 15.9. The van der Waals surface area contributed by atoms with Gasteiger partial charge in [-0.25, -0.2) is 9.78 Å². The van der Waals surface area contributed by atoms with E-state index >= 15 is 0 Å². The molecule has 0 saturated heterocycles. The van der Waals surface area contributed by atoms with Crippen molar-refractivity contribution in [2.24, 2.45) is 0 Å². The lowest BCUT2D eigenvalue weighted by Gasteiger charge is -2.07. The summed E-state index contributed by atoms with van der Waals surface area (Å²) in [7, 11) is 0. The van der Waals surface area contributed by atoms with Crippen LogP contribution >= 0.6 is 0 Å². The number of hydrogen-bond donors (Lipinski definition) is 2. The van der Waals surface area contributed by atoms with Crippen molar-refractivity contribution >= 4 is 22.1 Å². The van der Waals surface area contributed by atoms with Crippen molar-refractivity contribution in [2.45, 2.75) is 109 Å². The fraction of sp³-hybridized carbons (Fsp3) is 0.625. The second-order valence-corrected chi connectivity index (χ2v) is 11.0. The third-order valence-electron chi connectivity index (χ3n) is 7.55. The van der Waals surface area contributed by atoms with Gasteiger partial charge in [0.25, 0.3) is 0 Å². The Bertz CT molecular complexity index is 1150. The number of fused-ring (bicyclic) bond motifs is 2. The molecule has 2 aromatic carbocycles. The largest absolute Gasteiger partial charge is 0.467 e. The number of rotatable bonds is 25. The molecule has 2 aromatic heterocycles. The molecule has 0 aliphatic carbocycles. The summed E-state index contributed by atoms with van der Waals surface area (Å²) < 4.78 is 11.2. The zero-order valence-electron chi connectivity index (χ0n) is 25.0. The first kappa shape index (κ1) is 31.8. The summed E-state index contributed by atoms with van der Waals surface area (Å²) in [6, 6.07) is 11.5. The van der Waals surface area contributed by atoms with Gasteiger partial charge in [-0.1, -0.05) is 96.0 Å². The predicted octanol–water partition coefficient (Wildman–Crippen LogP) is 7.97. The van der Waals surface area contributed by atoms with Gasteiger partial charge in [0.1, 0.15) is 34.4 Å². The average Bonchev–Trinajstić information content (AvgIpc) is 3.68. The minimum absolute atomic E-state index is 0.278. The van der Waals surface area contributed by atoms with Gasteiger partial charge in [0.2, 0.25) is 0 Å². The smallest absolute Gasteiger partial charge is 0.189 e. The van der Waals surface area contributed by atoms with E-state index in [-0.39, 0.29) is 6.79 Å². The summed E-state index contributed by atoms with van der Waals surface area (Å²) >= 11 is 0. The van der Waals surface area contributed by atoms with Crippen molar-refractivity contribution in [3.8, 4) is 5.75 Å². The number of unbranched alkanes of at least 4 members (excludes halogenated alkanes) is 15. The molecule has 4 rings (SSSR count). The van der Waals surface area contributed by atoms with Crippen LogP contribution in [0.1, 0.15) is 108 Å². The highest BCUT2D eigenvalue weighted by molar-refractivity contribution is 5.75. The van der Waals surface area contributed by atoms with E-state index in [1.807, 2.05) is 36.4 Å². The van der Waals surface area contributed by atoms with E-state index in [0.717, 1.165) is 52.8 Å². The van der Waals surface area contributed by atoms with E-state index < -0.39 is 0 Å². The van der Waals surface area contributed by atoms with Crippen LogP contribution in [0, 0.1) is 0 Å². The van der Waals surface area contributed by atoms with E-state index in [1.165, 1.54) is 89.9 Å². The number of nitrogens with zero attached hydrogens (tertiary/aromatic N) is 4. The minimum Gasteiger partial charge on any atom is -0.467 e. The molecule has 0 bridgehead atoms. The SMILES string of the molecule is c1cc2n[nH]nc2cc1COOCCCCCCCCCCCCCCCCCCOCOc1ccc2n[nH]nc2c1. The van der Waals surface area contributed by atoms with Crippen molar-refractivity contribution in [3.63, 3.8) is 0 Å². The number of aromatic nitrogens is 6. The highest BCUT2D eigenvalue weighted by Gasteiger charge is 2.02. The van der Waals surface area contributed by atoms with Gasteiger partial charge in [-0.3, -0.25) is 0 Å². The van der Waals surface area contributed by atoms with Crippen molar-refractivity contribution in [3.05, 3.63) is 42.0 Å². The van der Waals surface area contributed by atoms with Gasteiger partial charge < -0.3 is 9.47 Å². The second-order valence-electron chi connectivity index (χ2n) is 11.0. The Morgan fingerprint density at radius 2 is 0.976 bits per heavy atom. The fourth-order valence-electron chi connectivity index (χ4n) is 5.06. The molecule has 0 spiro atoms. The molecule has 0 radical (unpaired) electrons. The van der Waals surface area contributed by atoms with Crippen LogP contribution in [0.4, 0.5) is 0 Å². The molecule has 0 atom stereocenters. The molecule has 10 nitrogen and oxygen atoms in total. The average molecular weight is 581 g/mol. The fourth-order valence-corrected chi connectivity index (χ4v) is 5.06. The third kappa shape index (κ3) is 12.4. The number of H-pyrrole nitrogens is 2. The van der Waals surface area contributed by atoms with E-state index in [1.54, 1.807) is 0 Å². The molecule has 0 saturated carbocycles. The van der Waals surface area contributed by atoms with E-state index in [4.69, 9.17) is 19.2 Å². The second kappa shape index (κ2) is 19.9. The highest BCUT2D eigenvalue weighted by Crippen LogP contribution is 2.17. The van der Waals surface area contributed by atoms with Gasteiger partial charge in [0.15, 0.2) is 6.79 Å². The Labute approximate surface area is 249 Å². The maximum Gasteiger partial charge on any atom is 0.189 e. The molecule has 2 heterocycles. The number of aromatic amines is 2. The molecule has 4 aromatic rings. The number of benzene rings is 2. The minimum atomic E-state index is 0.278. The third-order valence-corrected chi connectivity index (χ3v) is 7.55. The monoisotopic (exact) mass is 580 g/mol. The lowest BCUT2D eigenvalue weighted by molar-refractivity contribution is -0.304. The Balaban J connectivity index is 0.809. The van der Waals surface area contributed by atoms with Gasteiger partial charge in [-0.15, -0.1) is 0 Å². The molecular formula is C32H48N6O4. The Morgan fingerprint density at radius 1 is 0.476 bits per heavy atom. The number of hydrogen-bond acceptors (Lipinski definition) is 8. The van der Waals surface area contributed by atoms with Crippen molar-refractivity contribution < 1.29 is 19.2 Å². The summed E-state index contributed by atoms with van der Waals surface area (Å²) in [5.74, 6) is 0.756. The van der Waals surface area contributed by atoms with Crippen LogP contribution < -0.4 is 4.74 Å². The van der Waals surface area contributed by atoms with Crippen LogP contribution in [0.15, 0.2) is 36.4 Å². The molecule has 0 aliphatic heterocycles. The lowest BCUT2D eigenvalue weighted by atomic mass is 10.0. The maximum atomic E-state index is 5.63. The highest BCUT2D eigenvalue weighted by atomic mass is 17.2. The van der Waals surface area contributed by atoms with Crippen molar-refractivity contribution in [1.82, 2.24) is 30.8 Å². The standard InChI is InChI=1S/C32H48N6O4/c1(3-5-7-9-11-13-15-21-39-26-40-28-18-20-30-32(24-28)36-38-34-30)2-4-6-8-10-12-14-16-22-41-42-25-27-17-19-29-31(23-27)35-37-33-29/h17-20,23-24H,1-16,21-22,25-26H2,(H,33,35,37)(H,34,36,38). The quantitative estimate of drug-likeness (QED) is 0.0350. The molecule has 10 heteroatoms. The van der Waals surface area contributed by atoms with E-state index in [0.29, 0.717) is 13.2 Å². The van der Waals surface area contributed by atoms with Crippen LogP contribution in [0.2, 0.25) is 0 Å². The van der Waals surface area contributed by atoms with Crippen LogP contribution in [0.25, 0.3) is 22.1 Å². The van der Waals surface area contributed by atoms with E-state index in [9.17, 15) is 0 Å². The summed E-state index contributed by atoms with van der Waals surface area (Å²) in [5.41, 5.74) is 4.38. The summed E-state index contributed by atoms with van der Waals surface area (Å²) in [5, 5.41) is 21.5. The lowest BCUT2D eigenvalue weighted by Crippen LogP contribution is -2.04. The summed E-state index contributed by atoms with van der Waals surface area (Å²) in [6.07, 6.45) is 20.9. The number of ether oxygens (including phenoxy) is 2. The first-order valence-electron chi connectivity index (χ1n) is 15.9. The summed E-state index contributed by atoms with van der Waals surface area (Å²) in [6.45, 7) is 2.11. The molecule has 42 heavy (non-hydrogen) atoms. The van der Waals surface area contributed by atoms with Crippen LogP contribution in [-0.4, -0.2) is 50.8 Å². The van der Waals surface area contributed by atoms with Gasteiger partial charge in [0, 0.05) is 6.07 Å². The molecule has 0 fully saturated rings. The van der Waals surface area contributed by atoms with Gasteiger partial charge in [-0.05, 0) is 42.7 Å². The Kier molecular flexibility index (Phi) is 15.1. The number of nitrogens with one attached hydrogen (secondary N) is 2. The van der Waals surface area contributed by atoms with E-state index in [2.05, 4.69) is 30.8 Å². The molecule has 0 aliphatic rings. The molecule has 230 valence electrons. The van der Waals surface area contributed by atoms with Gasteiger partial charge in [0.05, 0.1) is 13.2 Å². The Hall–Kier alpha value is -3.08. The molecule has 0 amide bonds. The normalized spacial score (nSPS) is 11.6. The van der Waals surface area contributed by atoms with Gasteiger partial charge in [-0.2, -0.15) is 30.8 Å². The van der Waals surface area contributed by atoms with Crippen molar-refractivity contribution in [2.75, 3.05) is 20.0 Å². The van der Waals surface area contributed by atoms with Crippen LogP contribution in [0.3, 0.4) is 0 Å². The predicted molar refractivity (Wildman–Crippen MR) is 164 cm³/mol. The topological polar surface area (TPSA) is 120 Å². The molecule has 2 N–H and O–H groups in total. The van der Waals surface area contributed by atoms with Crippen molar-refractivity contribution in [1.29, 1.82) is 0 Å². The van der Waals surface area contributed by atoms with Gasteiger partial charge >= 0.3 is 0 Å². The zero-order valence-corrected chi connectivity index (χ0v) is 25.0. The molecular weight excluding hydrogens is 532 g/mol. The maximum absolute atomic E-state index is 5.63. The zero-order chi connectivity index (χ0) is 28.9. The van der Waals surface area contributed by atoms with Crippen LogP contribution in [0.5, 0.6) is 5.75 Å². The molecule has 0 unspecified atom stereocenters. The van der Waals surface area contributed by atoms with Crippen LogP contribution in [-0.2, 0) is 21.1 Å². The first-order chi connectivity index (χ1) is 20.9. The Morgan fingerprint density at radius 3 is 1.60 bits per heavy atom.